The molecule has 0 heterocycles. The fourth-order valence-electron chi connectivity index (χ4n) is 2.64. The van der Waals surface area contributed by atoms with Crippen molar-refractivity contribution in [2.75, 3.05) is 0 Å². The molecule has 142 valence electrons. The van der Waals surface area contributed by atoms with Gasteiger partial charge in [0.25, 0.3) is 0 Å². The van der Waals surface area contributed by atoms with Crippen molar-refractivity contribution in [3.05, 3.63) is 107 Å². The van der Waals surface area contributed by atoms with E-state index in [1.54, 1.807) is 12.3 Å². The molecule has 0 amide bonds. The molecular formula is C25H25NO2. The predicted molar refractivity (Wildman–Crippen MR) is 115 cm³/mol. The summed E-state index contributed by atoms with van der Waals surface area (Å²) in [7, 11) is 0. The molecule has 0 aromatic heterocycles. The Balaban J connectivity index is 1.77. The van der Waals surface area contributed by atoms with Crippen molar-refractivity contribution in [1.82, 2.24) is 0 Å². The molecule has 3 aromatic carbocycles. The molecular weight excluding hydrogens is 346 g/mol. The Morgan fingerprint density at radius 1 is 0.857 bits per heavy atom. The van der Waals surface area contributed by atoms with Crippen LogP contribution in [0.3, 0.4) is 0 Å². The van der Waals surface area contributed by atoms with E-state index >= 15 is 0 Å². The fraction of sp³-hybridized carbons (Fsp3) is 0.160. The third-order valence-electron chi connectivity index (χ3n) is 4.34. The van der Waals surface area contributed by atoms with Crippen LogP contribution >= 0.6 is 0 Å². The molecule has 0 saturated heterocycles. The van der Waals surface area contributed by atoms with Gasteiger partial charge in [0.2, 0.25) is 5.90 Å². The van der Waals surface area contributed by atoms with E-state index in [1.165, 1.54) is 11.1 Å². The third-order valence-corrected chi connectivity index (χ3v) is 4.34. The van der Waals surface area contributed by atoms with Crippen LogP contribution in [-0.2, 0) is 11.3 Å². The Bertz CT molecular complexity index is 975. The topological polar surface area (TPSA) is 30.8 Å². The van der Waals surface area contributed by atoms with Gasteiger partial charge in [0.05, 0.1) is 11.9 Å². The van der Waals surface area contributed by atoms with Gasteiger partial charge in [-0.3, -0.25) is 0 Å². The van der Waals surface area contributed by atoms with Gasteiger partial charge in [0, 0.05) is 6.08 Å². The summed E-state index contributed by atoms with van der Waals surface area (Å²) in [5, 5.41) is 0. The predicted octanol–water partition coefficient (Wildman–Crippen LogP) is 6.45. The number of hydrogen-bond acceptors (Lipinski definition) is 3. The van der Waals surface area contributed by atoms with Crippen molar-refractivity contribution in [3.8, 4) is 5.75 Å². The number of hydrogen-bond donors (Lipinski definition) is 0. The summed E-state index contributed by atoms with van der Waals surface area (Å²) in [6.07, 6.45) is 3.38. The van der Waals surface area contributed by atoms with Crippen LogP contribution in [-0.4, -0.2) is 5.90 Å². The van der Waals surface area contributed by atoms with E-state index in [-0.39, 0.29) is 0 Å². The lowest BCUT2D eigenvalue weighted by Crippen LogP contribution is -2.05. The highest BCUT2D eigenvalue weighted by Crippen LogP contribution is 2.19. The average molecular weight is 371 g/mol. The van der Waals surface area contributed by atoms with Crippen LogP contribution in [0.5, 0.6) is 5.75 Å². The van der Waals surface area contributed by atoms with Crippen LogP contribution in [0.2, 0.25) is 0 Å². The molecule has 0 atom stereocenters. The SMILES string of the molecule is Cc1cccc(OC(/C=C/OCc2ccccc2)=Nc2ccc(C)c(C)c2)c1. The minimum Gasteiger partial charge on any atom is -0.496 e. The summed E-state index contributed by atoms with van der Waals surface area (Å²) in [5.74, 6) is 1.22. The van der Waals surface area contributed by atoms with Crippen LogP contribution in [0.1, 0.15) is 22.3 Å². The first-order valence-electron chi connectivity index (χ1n) is 9.33. The van der Waals surface area contributed by atoms with Crippen molar-refractivity contribution < 1.29 is 9.47 Å². The number of aryl methyl sites for hydroxylation is 3. The van der Waals surface area contributed by atoms with Gasteiger partial charge in [-0.1, -0.05) is 48.5 Å². The average Bonchev–Trinajstić information content (AvgIpc) is 2.69. The zero-order valence-electron chi connectivity index (χ0n) is 16.6. The molecule has 3 aromatic rings. The van der Waals surface area contributed by atoms with E-state index in [4.69, 9.17) is 9.47 Å². The maximum Gasteiger partial charge on any atom is 0.222 e. The highest BCUT2D eigenvalue weighted by molar-refractivity contribution is 5.91. The Morgan fingerprint density at radius 3 is 2.43 bits per heavy atom. The Hall–Kier alpha value is -3.33. The Labute approximate surface area is 167 Å². The molecule has 0 aliphatic heterocycles. The molecule has 3 heteroatoms. The Morgan fingerprint density at radius 2 is 1.68 bits per heavy atom. The summed E-state index contributed by atoms with van der Waals surface area (Å²) in [6, 6.07) is 24.0. The number of nitrogens with zero attached hydrogens (tertiary/aromatic N) is 1. The zero-order valence-corrected chi connectivity index (χ0v) is 16.6. The highest BCUT2D eigenvalue weighted by Gasteiger charge is 2.02. The molecule has 0 aliphatic carbocycles. The summed E-state index contributed by atoms with van der Waals surface area (Å²) >= 11 is 0. The largest absolute Gasteiger partial charge is 0.496 e. The van der Waals surface area contributed by atoms with Crippen molar-refractivity contribution in [2.24, 2.45) is 4.99 Å². The van der Waals surface area contributed by atoms with Gasteiger partial charge in [-0.2, -0.15) is 0 Å². The monoisotopic (exact) mass is 371 g/mol. The van der Waals surface area contributed by atoms with Crippen LogP contribution in [0.25, 0.3) is 0 Å². The molecule has 0 fully saturated rings. The normalized spacial score (nSPS) is 11.6. The molecule has 0 spiro atoms. The summed E-state index contributed by atoms with van der Waals surface area (Å²) in [4.78, 5) is 4.66. The first-order chi connectivity index (χ1) is 13.6. The zero-order chi connectivity index (χ0) is 19.8. The summed E-state index contributed by atoms with van der Waals surface area (Å²) in [6.45, 7) is 6.70. The van der Waals surface area contributed by atoms with Crippen LogP contribution < -0.4 is 4.74 Å². The smallest absolute Gasteiger partial charge is 0.222 e. The fourth-order valence-corrected chi connectivity index (χ4v) is 2.64. The van der Waals surface area contributed by atoms with E-state index in [2.05, 4.69) is 24.9 Å². The molecule has 0 unspecified atom stereocenters. The number of benzene rings is 3. The van der Waals surface area contributed by atoms with E-state index < -0.39 is 0 Å². The van der Waals surface area contributed by atoms with E-state index in [0.717, 1.165) is 22.6 Å². The van der Waals surface area contributed by atoms with Crippen LogP contribution in [0, 0.1) is 20.8 Å². The highest BCUT2D eigenvalue weighted by atomic mass is 16.5. The van der Waals surface area contributed by atoms with Gasteiger partial charge in [-0.15, -0.1) is 0 Å². The minimum atomic E-state index is 0.474. The van der Waals surface area contributed by atoms with Crippen molar-refractivity contribution in [3.63, 3.8) is 0 Å². The number of aliphatic imine (C=N–C) groups is 1. The number of rotatable bonds is 6. The quantitative estimate of drug-likeness (QED) is 0.283. The van der Waals surface area contributed by atoms with Gasteiger partial charge in [-0.25, -0.2) is 4.99 Å². The molecule has 0 bridgehead atoms. The van der Waals surface area contributed by atoms with Crippen molar-refractivity contribution in [2.45, 2.75) is 27.4 Å². The summed E-state index contributed by atoms with van der Waals surface area (Å²) in [5.41, 5.74) is 5.52. The lowest BCUT2D eigenvalue weighted by molar-refractivity contribution is 0.236. The van der Waals surface area contributed by atoms with Crippen LogP contribution in [0.15, 0.2) is 90.1 Å². The van der Waals surface area contributed by atoms with Gasteiger partial charge in [-0.05, 0) is 67.3 Å². The molecule has 0 aliphatic rings. The van der Waals surface area contributed by atoms with Gasteiger partial charge in [0.1, 0.15) is 12.4 Å². The molecule has 0 N–H and O–H groups in total. The van der Waals surface area contributed by atoms with E-state index in [1.807, 2.05) is 73.7 Å². The molecule has 0 radical (unpaired) electrons. The van der Waals surface area contributed by atoms with E-state index in [0.29, 0.717) is 12.5 Å². The number of ether oxygens (including phenoxy) is 2. The lowest BCUT2D eigenvalue weighted by Gasteiger charge is -2.08. The third kappa shape index (κ3) is 5.85. The maximum absolute atomic E-state index is 6.00. The van der Waals surface area contributed by atoms with E-state index in [9.17, 15) is 0 Å². The van der Waals surface area contributed by atoms with Crippen molar-refractivity contribution >= 4 is 11.6 Å². The molecule has 28 heavy (non-hydrogen) atoms. The molecule has 0 saturated carbocycles. The molecule has 3 rings (SSSR count). The second-order valence-corrected chi connectivity index (χ2v) is 6.74. The second kappa shape index (κ2) is 9.56. The van der Waals surface area contributed by atoms with Gasteiger partial charge in [0.15, 0.2) is 0 Å². The van der Waals surface area contributed by atoms with Crippen LogP contribution in [0.4, 0.5) is 5.69 Å². The first kappa shape index (κ1) is 19.4. The second-order valence-electron chi connectivity index (χ2n) is 6.74. The Kier molecular flexibility index (Phi) is 6.64. The van der Waals surface area contributed by atoms with Gasteiger partial charge >= 0.3 is 0 Å². The van der Waals surface area contributed by atoms with Gasteiger partial charge < -0.3 is 9.47 Å². The first-order valence-corrected chi connectivity index (χ1v) is 9.33. The standard InChI is InChI=1S/C25H25NO2/c1-19-8-7-11-24(16-19)28-25(26-23-13-12-20(2)21(3)17-23)14-15-27-18-22-9-5-4-6-10-22/h4-17H,18H2,1-3H3/b15-14+,26-25?. The maximum atomic E-state index is 6.00. The minimum absolute atomic E-state index is 0.474. The lowest BCUT2D eigenvalue weighted by atomic mass is 10.1. The van der Waals surface area contributed by atoms with Crippen molar-refractivity contribution in [1.29, 1.82) is 0 Å². The summed E-state index contributed by atoms with van der Waals surface area (Å²) < 4.78 is 11.7. The molecule has 3 nitrogen and oxygen atoms in total.